The van der Waals surface area contributed by atoms with Gasteiger partial charge >= 0.3 is 0 Å². The first-order valence-corrected chi connectivity index (χ1v) is 8.24. The highest BCUT2D eigenvalue weighted by molar-refractivity contribution is 7.89. The van der Waals surface area contributed by atoms with Crippen LogP contribution in [0.4, 0.5) is 0 Å². The molecule has 1 heterocycles. The molecule has 0 saturated carbocycles. The topological polar surface area (TPSA) is 83.6 Å². The average Bonchev–Trinajstić information content (AvgIpc) is 2.36. The molecule has 1 aromatic rings. The van der Waals surface area contributed by atoms with Gasteiger partial charge in [-0.3, -0.25) is 9.59 Å². The van der Waals surface area contributed by atoms with Crippen molar-refractivity contribution in [2.75, 3.05) is 25.9 Å². The van der Waals surface area contributed by atoms with Gasteiger partial charge in [-0.1, -0.05) is 12.1 Å². The molecule has 0 atom stereocenters. The van der Waals surface area contributed by atoms with Gasteiger partial charge in [0.05, 0.1) is 12.3 Å². The van der Waals surface area contributed by atoms with Crippen molar-refractivity contribution in [3.8, 4) is 0 Å². The fraction of sp³-hybridized carbons (Fsp3) is 0.385. The summed E-state index contributed by atoms with van der Waals surface area (Å²) < 4.78 is 22.6. The molecular formula is C13H16N2O4S. The lowest BCUT2D eigenvalue weighted by Crippen LogP contribution is -2.49. The van der Waals surface area contributed by atoms with Gasteiger partial charge in [-0.05, 0) is 17.7 Å². The first-order valence-electron chi connectivity index (χ1n) is 6.18. The molecular weight excluding hydrogens is 280 g/mol. The van der Waals surface area contributed by atoms with Crippen LogP contribution in [0.1, 0.15) is 15.9 Å². The van der Waals surface area contributed by atoms with Crippen LogP contribution in [0, 0.1) is 0 Å². The molecule has 0 bridgehead atoms. The number of piperazine rings is 1. The maximum atomic E-state index is 12.3. The number of hydrogen-bond acceptors (Lipinski definition) is 4. The Hall–Kier alpha value is -1.89. The van der Waals surface area contributed by atoms with Gasteiger partial charge in [0.15, 0.2) is 9.84 Å². The molecule has 0 spiro atoms. The third-order valence-corrected chi connectivity index (χ3v) is 3.79. The number of sulfone groups is 1. The second-order valence-electron chi connectivity index (χ2n) is 4.85. The van der Waals surface area contributed by atoms with Crippen LogP contribution in [0.2, 0.25) is 0 Å². The van der Waals surface area contributed by atoms with Crippen LogP contribution < -0.4 is 5.32 Å². The molecule has 1 aromatic carbocycles. The summed E-state index contributed by atoms with van der Waals surface area (Å²) in [5.41, 5.74) is 0.973. The third kappa shape index (κ3) is 3.80. The number of hydrogen-bond donors (Lipinski definition) is 1. The van der Waals surface area contributed by atoms with Gasteiger partial charge in [-0.15, -0.1) is 0 Å². The van der Waals surface area contributed by atoms with Gasteiger partial charge in [0.1, 0.15) is 0 Å². The molecule has 1 fully saturated rings. The van der Waals surface area contributed by atoms with E-state index in [-0.39, 0.29) is 24.1 Å². The minimum atomic E-state index is -3.14. The number of carbonyl (C=O) groups is 2. The summed E-state index contributed by atoms with van der Waals surface area (Å²) in [5.74, 6) is -0.540. The van der Waals surface area contributed by atoms with E-state index in [0.29, 0.717) is 24.2 Å². The Morgan fingerprint density at radius 2 is 2.15 bits per heavy atom. The summed E-state index contributed by atoms with van der Waals surface area (Å²) in [7, 11) is -3.14. The Bertz CT molecular complexity index is 640. The van der Waals surface area contributed by atoms with Crippen molar-refractivity contribution in [1.29, 1.82) is 0 Å². The SMILES string of the molecule is CS(=O)(=O)Cc1cccc(C(=O)N2CCNC(=O)C2)c1. The van der Waals surface area contributed by atoms with E-state index < -0.39 is 9.84 Å². The predicted octanol–water partition coefficient (Wildman–Crippen LogP) is -0.197. The Morgan fingerprint density at radius 1 is 1.40 bits per heavy atom. The van der Waals surface area contributed by atoms with Crippen LogP contribution in [-0.2, 0) is 20.4 Å². The molecule has 0 unspecified atom stereocenters. The summed E-state index contributed by atoms with van der Waals surface area (Å²) in [6, 6.07) is 6.51. The van der Waals surface area contributed by atoms with Gasteiger partial charge in [0.25, 0.3) is 5.91 Å². The quantitative estimate of drug-likeness (QED) is 0.837. The normalized spacial score (nSPS) is 15.8. The van der Waals surface area contributed by atoms with Crippen molar-refractivity contribution in [2.45, 2.75) is 5.75 Å². The highest BCUT2D eigenvalue weighted by Crippen LogP contribution is 2.11. The summed E-state index contributed by atoms with van der Waals surface area (Å²) >= 11 is 0. The molecule has 6 nitrogen and oxygen atoms in total. The Balaban J connectivity index is 2.18. The molecule has 20 heavy (non-hydrogen) atoms. The number of rotatable bonds is 3. The van der Waals surface area contributed by atoms with E-state index in [4.69, 9.17) is 0 Å². The number of amides is 2. The van der Waals surface area contributed by atoms with Crippen molar-refractivity contribution in [2.24, 2.45) is 0 Å². The van der Waals surface area contributed by atoms with E-state index in [1.807, 2.05) is 0 Å². The smallest absolute Gasteiger partial charge is 0.254 e. The molecule has 1 N–H and O–H groups in total. The summed E-state index contributed by atoms with van der Waals surface area (Å²) in [5, 5.41) is 2.65. The predicted molar refractivity (Wildman–Crippen MR) is 73.9 cm³/mol. The van der Waals surface area contributed by atoms with E-state index in [1.165, 1.54) is 4.90 Å². The monoisotopic (exact) mass is 296 g/mol. The summed E-state index contributed by atoms with van der Waals surface area (Å²) in [6.07, 6.45) is 1.15. The molecule has 1 aliphatic rings. The van der Waals surface area contributed by atoms with Crippen molar-refractivity contribution in [3.05, 3.63) is 35.4 Å². The van der Waals surface area contributed by atoms with E-state index in [1.54, 1.807) is 24.3 Å². The zero-order chi connectivity index (χ0) is 14.8. The number of benzene rings is 1. The molecule has 1 saturated heterocycles. The lowest BCUT2D eigenvalue weighted by Gasteiger charge is -2.26. The summed E-state index contributed by atoms with van der Waals surface area (Å²) in [4.78, 5) is 25.0. The van der Waals surface area contributed by atoms with Gasteiger partial charge in [0, 0.05) is 24.9 Å². The Labute approximate surface area is 117 Å². The minimum absolute atomic E-state index is 0.0368. The maximum absolute atomic E-state index is 12.3. The Kier molecular flexibility index (Phi) is 4.08. The molecule has 0 aromatic heterocycles. The third-order valence-electron chi connectivity index (χ3n) is 2.93. The van der Waals surface area contributed by atoms with Crippen LogP contribution in [-0.4, -0.2) is 51.0 Å². The van der Waals surface area contributed by atoms with Crippen LogP contribution in [0.15, 0.2) is 24.3 Å². The lowest BCUT2D eigenvalue weighted by molar-refractivity contribution is -0.123. The van der Waals surface area contributed by atoms with Crippen molar-refractivity contribution < 1.29 is 18.0 Å². The minimum Gasteiger partial charge on any atom is -0.353 e. The first kappa shape index (κ1) is 14.5. The average molecular weight is 296 g/mol. The first-order chi connectivity index (χ1) is 9.35. The molecule has 2 amide bonds. The largest absolute Gasteiger partial charge is 0.353 e. The molecule has 108 valence electrons. The van der Waals surface area contributed by atoms with Crippen molar-refractivity contribution in [1.82, 2.24) is 10.2 Å². The van der Waals surface area contributed by atoms with Crippen LogP contribution in [0.3, 0.4) is 0 Å². The van der Waals surface area contributed by atoms with E-state index >= 15 is 0 Å². The molecule has 7 heteroatoms. The molecule has 1 aliphatic heterocycles. The van der Waals surface area contributed by atoms with Crippen molar-refractivity contribution >= 4 is 21.7 Å². The van der Waals surface area contributed by atoms with E-state index in [0.717, 1.165) is 6.26 Å². The fourth-order valence-corrected chi connectivity index (χ4v) is 2.88. The zero-order valence-electron chi connectivity index (χ0n) is 11.1. The number of carbonyl (C=O) groups excluding carboxylic acids is 2. The molecule has 2 rings (SSSR count). The van der Waals surface area contributed by atoms with Crippen molar-refractivity contribution in [3.63, 3.8) is 0 Å². The van der Waals surface area contributed by atoms with E-state index in [9.17, 15) is 18.0 Å². The van der Waals surface area contributed by atoms with Gasteiger partial charge in [0.2, 0.25) is 5.91 Å². The number of nitrogens with zero attached hydrogens (tertiary/aromatic N) is 1. The van der Waals surface area contributed by atoms with Crippen LogP contribution in [0.5, 0.6) is 0 Å². The van der Waals surface area contributed by atoms with Gasteiger partial charge in [-0.2, -0.15) is 0 Å². The van der Waals surface area contributed by atoms with E-state index in [2.05, 4.69) is 5.32 Å². The molecule has 0 aliphatic carbocycles. The van der Waals surface area contributed by atoms with Gasteiger partial charge in [-0.25, -0.2) is 8.42 Å². The molecule has 0 radical (unpaired) electrons. The highest BCUT2D eigenvalue weighted by Gasteiger charge is 2.22. The summed E-state index contributed by atoms with van der Waals surface area (Å²) in [6.45, 7) is 0.934. The highest BCUT2D eigenvalue weighted by atomic mass is 32.2. The second-order valence-corrected chi connectivity index (χ2v) is 6.99. The van der Waals surface area contributed by atoms with Gasteiger partial charge < -0.3 is 10.2 Å². The Morgan fingerprint density at radius 3 is 2.80 bits per heavy atom. The number of nitrogens with one attached hydrogen (secondary N) is 1. The maximum Gasteiger partial charge on any atom is 0.254 e. The lowest BCUT2D eigenvalue weighted by atomic mass is 10.1. The fourth-order valence-electron chi connectivity index (χ4n) is 2.09. The van der Waals surface area contributed by atoms with Crippen LogP contribution >= 0.6 is 0 Å². The second kappa shape index (κ2) is 5.62. The van der Waals surface area contributed by atoms with Crippen LogP contribution in [0.25, 0.3) is 0 Å². The zero-order valence-corrected chi connectivity index (χ0v) is 11.9. The standard InChI is InChI=1S/C13H16N2O4S/c1-20(18,19)9-10-3-2-4-11(7-10)13(17)15-6-5-14-12(16)8-15/h2-4,7H,5-6,8-9H2,1H3,(H,14,16).